The van der Waals surface area contributed by atoms with E-state index in [4.69, 9.17) is 9.72 Å². The van der Waals surface area contributed by atoms with E-state index in [-0.39, 0.29) is 0 Å². The lowest BCUT2D eigenvalue weighted by atomic mass is 10.0. The van der Waals surface area contributed by atoms with Crippen molar-refractivity contribution in [2.75, 3.05) is 5.32 Å². The van der Waals surface area contributed by atoms with Gasteiger partial charge in [0.05, 0.1) is 16.8 Å². The first-order valence-electron chi connectivity index (χ1n) is 12.1. The van der Waals surface area contributed by atoms with E-state index in [2.05, 4.69) is 5.32 Å². The molecule has 0 aliphatic carbocycles. The quantitative estimate of drug-likeness (QED) is 0.261. The second-order valence-corrected chi connectivity index (χ2v) is 8.94. The number of ether oxygens (including phenoxy) is 1. The Balaban J connectivity index is 1.53. The van der Waals surface area contributed by atoms with Gasteiger partial charge in [0.1, 0.15) is 0 Å². The third-order valence-corrected chi connectivity index (χ3v) is 6.22. The first-order valence-corrected chi connectivity index (χ1v) is 12.1. The average Bonchev–Trinajstić information content (AvgIpc) is 2.94. The van der Waals surface area contributed by atoms with Crippen LogP contribution in [0.4, 0.5) is 5.69 Å². The van der Waals surface area contributed by atoms with Crippen LogP contribution in [-0.4, -0.2) is 16.9 Å². The molecule has 1 aromatic heterocycles. The number of anilines is 1. The Kier molecular flexibility index (Phi) is 6.77. The number of esters is 1. The van der Waals surface area contributed by atoms with Crippen LogP contribution in [0.25, 0.3) is 22.2 Å². The van der Waals surface area contributed by atoms with Crippen molar-refractivity contribution in [2.45, 2.75) is 20.0 Å². The summed E-state index contributed by atoms with van der Waals surface area (Å²) in [6.07, 6.45) is -1.14. The number of benzene rings is 4. The number of amides is 1. The molecule has 182 valence electrons. The van der Waals surface area contributed by atoms with Crippen LogP contribution in [0.2, 0.25) is 0 Å². The molecule has 1 amide bonds. The van der Waals surface area contributed by atoms with Gasteiger partial charge < -0.3 is 10.1 Å². The van der Waals surface area contributed by atoms with Gasteiger partial charge in [-0.05, 0) is 43.2 Å². The van der Waals surface area contributed by atoms with E-state index in [1.807, 2.05) is 105 Å². The lowest BCUT2D eigenvalue weighted by Crippen LogP contribution is -2.26. The second-order valence-electron chi connectivity index (χ2n) is 8.94. The fourth-order valence-electron chi connectivity index (χ4n) is 4.24. The van der Waals surface area contributed by atoms with E-state index in [1.165, 1.54) is 0 Å². The summed E-state index contributed by atoms with van der Waals surface area (Å²) in [5.74, 6) is -1.02. The first-order chi connectivity index (χ1) is 18.0. The smallest absolute Gasteiger partial charge is 0.340 e. The maximum absolute atomic E-state index is 13.7. The molecule has 0 aliphatic rings. The van der Waals surface area contributed by atoms with Gasteiger partial charge in [0.15, 0.2) is 0 Å². The first kappa shape index (κ1) is 23.9. The highest BCUT2D eigenvalue weighted by atomic mass is 16.5. The molecule has 0 saturated carbocycles. The number of carbonyl (C=O) groups is 2. The number of pyridine rings is 1. The van der Waals surface area contributed by atoms with Crippen molar-refractivity contribution in [2.24, 2.45) is 0 Å². The second kappa shape index (κ2) is 10.5. The summed E-state index contributed by atoms with van der Waals surface area (Å²) in [4.78, 5) is 31.9. The lowest BCUT2D eigenvalue weighted by molar-refractivity contribution is -0.125. The highest BCUT2D eigenvalue weighted by Crippen LogP contribution is 2.28. The number of carbonyl (C=O) groups excluding carboxylic acids is 2. The fourth-order valence-corrected chi connectivity index (χ4v) is 4.24. The number of hydrogen-bond acceptors (Lipinski definition) is 4. The molecule has 0 aliphatic heterocycles. The summed E-state index contributed by atoms with van der Waals surface area (Å²) in [6, 6.07) is 33.7. The maximum atomic E-state index is 13.7. The molecule has 1 atom stereocenters. The molecule has 5 nitrogen and oxygen atoms in total. The van der Waals surface area contributed by atoms with Gasteiger partial charge >= 0.3 is 5.97 Å². The number of nitrogens with one attached hydrogen (secondary N) is 1. The number of aromatic nitrogens is 1. The molecule has 0 bridgehead atoms. The Morgan fingerprint density at radius 2 is 1.46 bits per heavy atom. The predicted molar refractivity (Wildman–Crippen MR) is 146 cm³/mol. The predicted octanol–water partition coefficient (Wildman–Crippen LogP) is 7.06. The normalized spacial score (nSPS) is 11.6. The summed E-state index contributed by atoms with van der Waals surface area (Å²) >= 11 is 0. The average molecular weight is 487 g/mol. The Bertz CT molecular complexity index is 1580. The van der Waals surface area contributed by atoms with E-state index < -0.39 is 18.0 Å². The van der Waals surface area contributed by atoms with Crippen LogP contribution in [0, 0.1) is 13.8 Å². The standard InChI is InChI=1S/C32H26N2O3/c1-21-17-18-22(2)28(19-21)34-31(35)30(24-13-7-4-8-14-24)37-32(36)26-20-29(23-11-5-3-6-12-23)33-27-16-10-9-15-25(26)27/h3-20,30H,1-2H3,(H,34,35). The Morgan fingerprint density at radius 3 is 2.22 bits per heavy atom. The summed E-state index contributed by atoms with van der Waals surface area (Å²) < 4.78 is 5.95. The zero-order valence-electron chi connectivity index (χ0n) is 20.6. The largest absolute Gasteiger partial charge is 0.444 e. The van der Waals surface area contributed by atoms with Gasteiger partial charge in [-0.2, -0.15) is 0 Å². The van der Waals surface area contributed by atoms with Crippen molar-refractivity contribution in [3.63, 3.8) is 0 Å². The van der Waals surface area contributed by atoms with Gasteiger partial charge in [0.25, 0.3) is 5.91 Å². The van der Waals surface area contributed by atoms with Crippen LogP contribution < -0.4 is 5.32 Å². The van der Waals surface area contributed by atoms with E-state index in [1.54, 1.807) is 18.2 Å². The number of aryl methyl sites for hydroxylation is 2. The molecule has 1 N–H and O–H groups in total. The highest BCUT2D eigenvalue weighted by Gasteiger charge is 2.27. The fraction of sp³-hybridized carbons (Fsp3) is 0.0938. The van der Waals surface area contributed by atoms with Crippen LogP contribution in [0.3, 0.4) is 0 Å². The monoisotopic (exact) mass is 486 g/mol. The summed E-state index contributed by atoms with van der Waals surface area (Å²) in [6.45, 7) is 3.88. The third kappa shape index (κ3) is 5.26. The number of hydrogen-bond donors (Lipinski definition) is 1. The van der Waals surface area contributed by atoms with Gasteiger partial charge in [0, 0.05) is 22.2 Å². The number of fused-ring (bicyclic) bond motifs is 1. The molecule has 5 rings (SSSR count). The molecule has 1 unspecified atom stereocenters. The molecule has 1 heterocycles. The number of rotatable bonds is 6. The topological polar surface area (TPSA) is 68.3 Å². The van der Waals surface area contributed by atoms with Gasteiger partial charge in [-0.1, -0.05) is 91.0 Å². The Labute approximate surface area is 215 Å². The zero-order chi connectivity index (χ0) is 25.8. The van der Waals surface area contributed by atoms with Crippen LogP contribution in [0.15, 0.2) is 109 Å². The van der Waals surface area contributed by atoms with Crippen molar-refractivity contribution in [3.8, 4) is 11.3 Å². The van der Waals surface area contributed by atoms with Crippen molar-refractivity contribution in [1.29, 1.82) is 0 Å². The number of para-hydroxylation sites is 1. The minimum absolute atomic E-state index is 0.352. The number of nitrogens with zero attached hydrogens (tertiary/aromatic N) is 1. The summed E-state index contributed by atoms with van der Waals surface area (Å²) in [5, 5.41) is 3.61. The van der Waals surface area contributed by atoms with E-state index in [9.17, 15) is 9.59 Å². The van der Waals surface area contributed by atoms with Crippen molar-refractivity contribution >= 4 is 28.5 Å². The Hall–Kier alpha value is -4.77. The van der Waals surface area contributed by atoms with Gasteiger partial charge in [0.2, 0.25) is 6.10 Å². The molecular formula is C32H26N2O3. The van der Waals surface area contributed by atoms with E-state index >= 15 is 0 Å². The van der Waals surface area contributed by atoms with Crippen LogP contribution in [0.1, 0.15) is 33.2 Å². The molecule has 0 radical (unpaired) electrons. The van der Waals surface area contributed by atoms with Crippen LogP contribution in [0.5, 0.6) is 0 Å². The minimum atomic E-state index is -1.14. The maximum Gasteiger partial charge on any atom is 0.340 e. The summed E-state index contributed by atoms with van der Waals surface area (Å²) in [5.41, 5.74) is 5.77. The van der Waals surface area contributed by atoms with Crippen LogP contribution >= 0.6 is 0 Å². The van der Waals surface area contributed by atoms with Crippen molar-refractivity contribution < 1.29 is 14.3 Å². The van der Waals surface area contributed by atoms with Gasteiger partial charge in [-0.25, -0.2) is 9.78 Å². The molecule has 5 heteroatoms. The van der Waals surface area contributed by atoms with Crippen molar-refractivity contribution in [3.05, 3.63) is 131 Å². The lowest BCUT2D eigenvalue weighted by Gasteiger charge is -2.20. The van der Waals surface area contributed by atoms with Crippen LogP contribution in [-0.2, 0) is 9.53 Å². The molecule has 0 saturated heterocycles. The third-order valence-electron chi connectivity index (χ3n) is 6.22. The van der Waals surface area contributed by atoms with E-state index in [0.717, 1.165) is 16.7 Å². The SMILES string of the molecule is Cc1ccc(C)c(NC(=O)C(OC(=O)c2cc(-c3ccccc3)nc3ccccc23)c2ccccc2)c1. The van der Waals surface area contributed by atoms with Gasteiger partial charge in [-0.15, -0.1) is 0 Å². The molecule has 37 heavy (non-hydrogen) atoms. The molecule has 0 fully saturated rings. The zero-order valence-corrected chi connectivity index (χ0v) is 20.6. The van der Waals surface area contributed by atoms with E-state index in [0.29, 0.717) is 33.4 Å². The molecule has 5 aromatic rings. The van der Waals surface area contributed by atoms with Gasteiger partial charge in [-0.3, -0.25) is 4.79 Å². The van der Waals surface area contributed by atoms with Crippen molar-refractivity contribution in [1.82, 2.24) is 4.98 Å². The highest BCUT2D eigenvalue weighted by molar-refractivity contribution is 6.06. The Morgan fingerprint density at radius 1 is 0.784 bits per heavy atom. The molecular weight excluding hydrogens is 460 g/mol. The molecule has 4 aromatic carbocycles. The minimum Gasteiger partial charge on any atom is -0.444 e. The molecule has 0 spiro atoms. The summed E-state index contributed by atoms with van der Waals surface area (Å²) in [7, 11) is 0.